The first-order chi connectivity index (χ1) is 10.4. The molecule has 1 saturated heterocycles. The van der Waals surface area contributed by atoms with Crippen molar-refractivity contribution in [2.75, 3.05) is 18.0 Å². The lowest BCUT2D eigenvalue weighted by Crippen LogP contribution is -2.44. The van der Waals surface area contributed by atoms with E-state index in [0.717, 1.165) is 31.6 Å². The quantitative estimate of drug-likeness (QED) is 0.869. The number of halogens is 3. The van der Waals surface area contributed by atoms with Crippen molar-refractivity contribution in [1.82, 2.24) is 5.32 Å². The summed E-state index contributed by atoms with van der Waals surface area (Å²) in [7, 11) is 0. The van der Waals surface area contributed by atoms with Gasteiger partial charge in [0.2, 0.25) is 5.91 Å². The van der Waals surface area contributed by atoms with Crippen LogP contribution in [0.5, 0.6) is 5.75 Å². The van der Waals surface area contributed by atoms with E-state index in [4.69, 9.17) is 0 Å². The summed E-state index contributed by atoms with van der Waals surface area (Å²) in [4.78, 5) is 13.3. The van der Waals surface area contributed by atoms with E-state index >= 15 is 0 Å². The van der Waals surface area contributed by atoms with Gasteiger partial charge in [0.05, 0.1) is 0 Å². The number of rotatable bonds is 4. The van der Waals surface area contributed by atoms with E-state index in [1.54, 1.807) is 12.1 Å². The van der Waals surface area contributed by atoms with E-state index in [-0.39, 0.29) is 17.7 Å². The summed E-state index contributed by atoms with van der Waals surface area (Å²) in [5, 5.41) is 2.85. The zero-order chi connectivity index (χ0) is 16.2. The monoisotopic (exact) mass is 314 g/mol. The highest BCUT2D eigenvalue weighted by molar-refractivity contribution is 5.87. The first-order valence-corrected chi connectivity index (χ1v) is 6.91. The third-order valence-corrected chi connectivity index (χ3v) is 3.46. The van der Waals surface area contributed by atoms with Gasteiger partial charge in [-0.15, -0.1) is 13.2 Å². The van der Waals surface area contributed by atoms with E-state index in [0.29, 0.717) is 0 Å². The number of carbonyl (C=O) groups is 1. The van der Waals surface area contributed by atoms with E-state index in [9.17, 15) is 18.0 Å². The molecule has 120 valence electrons. The van der Waals surface area contributed by atoms with Crippen molar-refractivity contribution in [2.45, 2.75) is 25.2 Å². The molecule has 0 atom stereocenters. The summed E-state index contributed by atoms with van der Waals surface area (Å²) in [5.41, 5.74) is 0.836. The number of nitrogens with one attached hydrogen (secondary N) is 1. The largest absolute Gasteiger partial charge is 0.573 e. The fraction of sp³-hybridized carbons (Fsp3) is 0.400. The van der Waals surface area contributed by atoms with Crippen molar-refractivity contribution in [2.24, 2.45) is 0 Å². The Kier molecular flexibility index (Phi) is 4.95. The lowest BCUT2D eigenvalue weighted by Gasteiger charge is -2.33. The van der Waals surface area contributed by atoms with Crippen LogP contribution in [0.3, 0.4) is 0 Å². The minimum absolute atomic E-state index is 0.106. The molecule has 4 nitrogen and oxygen atoms in total. The molecule has 0 bridgehead atoms. The molecular weight excluding hydrogens is 297 g/mol. The average Bonchev–Trinajstić information content (AvgIpc) is 2.47. The molecule has 1 aliphatic rings. The maximum atomic E-state index is 12.1. The van der Waals surface area contributed by atoms with Crippen molar-refractivity contribution in [3.05, 3.63) is 36.9 Å². The Labute approximate surface area is 126 Å². The van der Waals surface area contributed by atoms with Gasteiger partial charge in [-0.1, -0.05) is 6.58 Å². The van der Waals surface area contributed by atoms with Gasteiger partial charge >= 0.3 is 6.36 Å². The summed E-state index contributed by atoms with van der Waals surface area (Å²) < 4.78 is 40.1. The number of nitrogens with zero attached hydrogens (tertiary/aromatic N) is 1. The van der Waals surface area contributed by atoms with Crippen molar-refractivity contribution in [3.8, 4) is 5.75 Å². The van der Waals surface area contributed by atoms with Gasteiger partial charge in [-0.2, -0.15) is 0 Å². The number of amides is 1. The van der Waals surface area contributed by atoms with Gasteiger partial charge in [-0.3, -0.25) is 4.79 Å². The van der Waals surface area contributed by atoms with Crippen molar-refractivity contribution < 1.29 is 22.7 Å². The van der Waals surface area contributed by atoms with Gasteiger partial charge in [-0.25, -0.2) is 0 Å². The van der Waals surface area contributed by atoms with Crippen LogP contribution in [0.1, 0.15) is 12.8 Å². The molecule has 0 radical (unpaired) electrons. The Morgan fingerprint density at radius 2 is 1.86 bits per heavy atom. The number of piperidine rings is 1. The second-order valence-corrected chi connectivity index (χ2v) is 5.02. The fourth-order valence-corrected chi connectivity index (χ4v) is 2.40. The molecule has 0 aliphatic carbocycles. The van der Waals surface area contributed by atoms with Gasteiger partial charge in [-0.05, 0) is 43.2 Å². The molecule has 0 unspecified atom stereocenters. The molecule has 1 fully saturated rings. The molecule has 1 N–H and O–H groups in total. The third-order valence-electron chi connectivity index (χ3n) is 3.46. The van der Waals surface area contributed by atoms with Gasteiger partial charge in [0.1, 0.15) is 5.75 Å². The molecule has 0 spiro atoms. The molecule has 0 saturated carbocycles. The minimum atomic E-state index is -4.68. The summed E-state index contributed by atoms with van der Waals surface area (Å²) in [6.45, 7) is 4.86. The van der Waals surface area contributed by atoms with E-state index in [1.807, 2.05) is 0 Å². The molecule has 1 heterocycles. The molecule has 1 aliphatic heterocycles. The average molecular weight is 314 g/mol. The van der Waals surface area contributed by atoms with Crippen molar-refractivity contribution >= 4 is 11.6 Å². The van der Waals surface area contributed by atoms with Gasteiger partial charge in [0.25, 0.3) is 0 Å². The Morgan fingerprint density at radius 3 is 2.36 bits per heavy atom. The first-order valence-electron chi connectivity index (χ1n) is 6.91. The van der Waals surface area contributed by atoms with E-state index in [2.05, 4.69) is 21.5 Å². The van der Waals surface area contributed by atoms with Gasteiger partial charge < -0.3 is 15.0 Å². The molecule has 22 heavy (non-hydrogen) atoms. The zero-order valence-corrected chi connectivity index (χ0v) is 11.9. The number of carbonyl (C=O) groups excluding carboxylic acids is 1. The lowest BCUT2D eigenvalue weighted by molar-refractivity contribution is -0.274. The van der Waals surface area contributed by atoms with Crippen LogP contribution in [0, 0.1) is 0 Å². The smallest absolute Gasteiger partial charge is 0.406 e. The number of ether oxygens (including phenoxy) is 1. The normalized spacial score (nSPS) is 16.2. The highest BCUT2D eigenvalue weighted by atomic mass is 19.4. The topological polar surface area (TPSA) is 41.6 Å². The Morgan fingerprint density at radius 1 is 1.27 bits per heavy atom. The van der Waals surface area contributed by atoms with Crippen LogP contribution in [0.15, 0.2) is 36.9 Å². The summed E-state index contributed by atoms with van der Waals surface area (Å²) in [6, 6.07) is 5.91. The fourth-order valence-electron chi connectivity index (χ4n) is 2.40. The maximum Gasteiger partial charge on any atom is 0.573 e. The minimum Gasteiger partial charge on any atom is -0.406 e. The third kappa shape index (κ3) is 4.68. The van der Waals surface area contributed by atoms with E-state index < -0.39 is 6.36 Å². The number of alkyl halides is 3. The van der Waals surface area contributed by atoms with Gasteiger partial charge in [0, 0.05) is 24.8 Å². The zero-order valence-electron chi connectivity index (χ0n) is 11.9. The molecule has 0 aromatic heterocycles. The van der Waals surface area contributed by atoms with E-state index in [1.165, 1.54) is 18.2 Å². The Hall–Kier alpha value is -2.18. The van der Waals surface area contributed by atoms with Crippen molar-refractivity contribution in [1.29, 1.82) is 0 Å². The Bertz CT molecular complexity index is 521. The second-order valence-electron chi connectivity index (χ2n) is 5.02. The predicted octanol–water partition coefficient (Wildman–Crippen LogP) is 2.86. The molecule has 1 aromatic carbocycles. The van der Waals surface area contributed by atoms with Crippen LogP contribution in [0.25, 0.3) is 0 Å². The number of hydrogen-bond donors (Lipinski definition) is 1. The highest BCUT2D eigenvalue weighted by Gasteiger charge is 2.31. The first kappa shape index (κ1) is 16.2. The van der Waals surface area contributed by atoms with Crippen LogP contribution in [-0.2, 0) is 4.79 Å². The lowest BCUT2D eigenvalue weighted by atomic mass is 10.0. The summed E-state index contributed by atoms with van der Waals surface area (Å²) in [6.07, 6.45) is -1.88. The predicted molar refractivity (Wildman–Crippen MR) is 76.7 cm³/mol. The van der Waals surface area contributed by atoms with Crippen LogP contribution < -0.4 is 15.0 Å². The Balaban J connectivity index is 1.89. The summed E-state index contributed by atoms with van der Waals surface area (Å²) >= 11 is 0. The molecular formula is C15H17F3N2O2. The SMILES string of the molecule is C=CC(=O)NC1CCN(c2ccc(OC(F)(F)F)cc2)CC1. The van der Waals surface area contributed by atoms with Gasteiger partial charge in [0.15, 0.2) is 0 Å². The molecule has 2 rings (SSSR count). The standard InChI is InChI=1S/C15H17F3N2O2/c1-2-14(21)19-11-7-9-20(10-8-11)12-3-5-13(6-4-12)22-15(16,17)18/h2-6,11H,1,7-10H2,(H,19,21). The van der Waals surface area contributed by atoms with Crippen LogP contribution >= 0.6 is 0 Å². The van der Waals surface area contributed by atoms with Crippen LogP contribution in [0.2, 0.25) is 0 Å². The van der Waals surface area contributed by atoms with Crippen LogP contribution in [0.4, 0.5) is 18.9 Å². The van der Waals surface area contributed by atoms with Crippen molar-refractivity contribution in [3.63, 3.8) is 0 Å². The number of anilines is 1. The second kappa shape index (κ2) is 6.72. The number of hydrogen-bond acceptors (Lipinski definition) is 3. The number of benzene rings is 1. The van der Waals surface area contributed by atoms with Crippen LogP contribution in [-0.4, -0.2) is 31.4 Å². The maximum absolute atomic E-state index is 12.1. The molecule has 7 heteroatoms. The molecule has 1 amide bonds. The molecule has 1 aromatic rings. The summed E-state index contributed by atoms with van der Waals surface area (Å²) in [5.74, 6) is -0.420. The highest BCUT2D eigenvalue weighted by Crippen LogP contribution is 2.26.